The fraction of sp³-hybridized carbons (Fsp3) is 0.947. The first-order valence-corrected chi connectivity index (χ1v) is 9.42. The van der Waals surface area contributed by atoms with Crippen molar-refractivity contribution in [2.45, 2.75) is 107 Å². The number of Topliss-reactive ketones (excluding diaryl/α,β-unsaturated/α-hetero) is 1. The highest BCUT2D eigenvalue weighted by molar-refractivity contribution is 5.81. The van der Waals surface area contributed by atoms with E-state index in [1.54, 1.807) is 6.92 Å². The van der Waals surface area contributed by atoms with Crippen LogP contribution in [-0.2, 0) is 4.79 Å². The molecule has 1 saturated carbocycles. The molecule has 3 unspecified atom stereocenters. The highest BCUT2D eigenvalue weighted by Gasteiger charge is 2.41. The summed E-state index contributed by atoms with van der Waals surface area (Å²) in [6, 6.07) is 0.941. The lowest BCUT2D eigenvalue weighted by Crippen LogP contribution is -2.38. The maximum Gasteiger partial charge on any atom is 0.146 e. The molecule has 2 aliphatic rings. The third-order valence-electron chi connectivity index (χ3n) is 3.88. The molecule has 2 nitrogen and oxygen atoms in total. The molecule has 1 saturated heterocycles. The molecule has 2 fully saturated rings. The quantitative estimate of drug-likeness (QED) is 0.597. The first-order chi connectivity index (χ1) is 10.2. The van der Waals surface area contributed by atoms with Gasteiger partial charge in [-0.05, 0) is 39.2 Å². The Labute approximate surface area is 135 Å². The van der Waals surface area contributed by atoms with Gasteiger partial charge in [0.25, 0.3) is 0 Å². The molecule has 0 aromatic rings. The third kappa shape index (κ3) is 8.60. The summed E-state index contributed by atoms with van der Waals surface area (Å²) in [5.41, 5.74) is 0. The Morgan fingerprint density at radius 2 is 1.29 bits per heavy atom. The Hall–Kier alpha value is -0.370. The van der Waals surface area contributed by atoms with Gasteiger partial charge in [-0.15, -0.1) is 0 Å². The maximum atomic E-state index is 11.4. The monoisotopic (exact) mass is 301 g/mol. The molecule has 2 rings (SSSR count). The van der Waals surface area contributed by atoms with E-state index in [1.807, 2.05) is 55.4 Å². The van der Waals surface area contributed by atoms with Crippen molar-refractivity contribution >= 4 is 5.78 Å². The van der Waals surface area contributed by atoms with Gasteiger partial charge in [0.15, 0.2) is 0 Å². The van der Waals surface area contributed by atoms with Gasteiger partial charge in [0.1, 0.15) is 5.78 Å². The Morgan fingerprint density at radius 3 is 1.67 bits per heavy atom. The zero-order chi connectivity index (χ0) is 17.4. The molecule has 0 aromatic carbocycles. The predicted molar refractivity (Wildman–Crippen MR) is 98.0 cm³/mol. The molecule has 0 aromatic heterocycles. The maximum absolute atomic E-state index is 11.4. The standard InChI is InChI=1S/C11H19NO.4C2H6/c1-8(13)11-7-9-5-3-4-6-10(9)12(11)2;4*1-2/h9-11H,3-7H2,1-2H3;4*1-2H3. The Morgan fingerprint density at radius 1 is 0.857 bits per heavy atom. The number of carbonyl (C=O) groups is 1. The van der Waals surface area contributed by atoms with Crippen molar-refractivity contribution in [1.29, 1.82) is 0 Å². The molecule has 0 N–H and O–H groups in total. The lowest BCUT2D eigenvalue weighted by Gasteiger charge is -2.30. The highest BCUT2D eigenvalue weighted by Crippen LogP contribution is 2.38. The van der Waals surface area contributed by atoms with Crippen LogP contribution in [0.2, 0.25) is 0 Å². The van der Waals surface area contributed by atoms with E-state index in [0.29, 0.717) is 11.8 Å². The number of hydrogen-bond donors (Lipinski definition) is 0. The van der Waals surface area contributed by atoms with Crippen LogP contribution in [0.15, 0.2) is 0 Å². The van der Waals surface area contributed by atoms with E-state index in [2.05, 4.69) is 11.9 Å². The number of fused-ring (bicyclic) bond motifs is 1. The van der Waals surface area contributed by atoms with Crippen molar-refractivity contribution in [3.05, 3.63) is 0 Å². The summed E-state index contributed by atoms with van der Waals surface area (Å²) in [5.74, 6) is 1.17. The largest absolute Gasteiger partial charge is 0.298 e. The first-order valence-electron chi connectivity index (χ1n) is 9.42. The fourth-order valence-corrected chi connectivity index (χ4v) is 3.14. The zero-order valence-electron chi connectivity index (χ0n) is 16.6. The number of nitrogens with zero attached hydrogens (tertiary/aromatic N) is 1. The summed E-state index contributed by atoms with van der Waals surface area (Å²) >= 11 is 0. The summed E-state index contributed by atoms with van der Waals surface area (Å²) in [5, 5.41) is 0. The fourth-order valence-electron chi connectivity index (χ4n) is 3.14. The second-order valence-electron chi connectivity index (χ2n) is 4.64. The second kappa shape index (κ2) is 17.7. The van der Waals surface area contributed by atoms with Crippen LogP contribution in [0.1, 0.15) is 94.4 Å². The van der Waals surface area contributed by atoms with Gasteiger partial charge in [-0.25, -0.2) is 0 Å². The minimum atomic E-state index is 0.230. The molecule has 130 valence electrons. The van der Waals surface area contributed by atoms with Crippen molar-refractivity contribution in [2.24, 2.45) is 5.92 Å². The molecule has 1 aliphatic heterocycles. The van der Waals surface area contributed by atoms with Gasteiger partial charge in [0, 0.05) is 6.04 Å². The van der Waals surface area contributed by atoms with E-state index in [1.165, 1.54) is 25.7 Å². The molecular formula is C19H43NO. The summed E-state index contributed by atoms with van der Waals surface area (Å²) in [6.45, 7) is 17.7. The van der Waals surface area contributed by atoms with Crippen LogP contribution in [0.25, 0.3) is 0 Å². The smallest absolute Gasteiger partial charge is 0.146 e. The van der Waals surface area contributed by atoms with Crippen molar-refractivity contribution in [2.75, 3.05) is 7.05 Å². The van der Waals surface area contributed by atoms with Crippen LogP contribution < -0.4 is 0 Å². The van der Waals surface area contributed by atoms with E-state index in [0.717, 1.165) is 12.3 Å². The Kier molecular flexibility index (Phi) is 21.5. The number of likely N-dealkylation sites (tertiary alicyclic amines) is 1. The molecule has 0 spiro atoms. The normalized spacial score (nSPS) is 26.1. The molecule has 3 atom stereocenters. The summed E-state index contributed by atoms with van der Waals surface area (Å²) in [4.78, 5) is 13.7. The molecule has 21 heavy (non-hydrogen) atoms. The summed E-state index contributed by atoms with van der Waals surface area (Å²) < 4.78 is 0. The van der Waals surface area contributed by atoms with E-state index < -0.39 is 0 Å². The van der Waals surface area contributed by atoms with Crippen LogP contribution >= 0.6 is 0 Å². The Bertz CT molecular complexity index is 216. The van der Waals surface area contributed by atoms with Crippen molar-refractivity contribution < 1.29 is 4.79 Å². The average Bonchev–Trinajstić information content (AvgIpc) is 2.93. The van der Waals surface area contributed by atoms with Gasteiger partial charge in [0.05, 0.1) is 6.04 Å². The van der Waals surface area contributed by atoms with Crippen molar-refractivity contribution in [3.63, 3.8) is 0 Å². The van der Waals surface area contributed by atoms with Gasteiger partial charge in [-0.1, -0.05) is 68.2 Å². The van der Waals surface area contributed by atoms with Crippen molar-refractivity contribution in [1.82, 2.24) is 4.90 Å². The van der Waals surface area contributed by atoms with Gasteiger partial charge < -0.3 is 0 Å². The first kappa shape index (κ1) is 25.6. The highest BCUT2D eigenvalue weighted by atomic mass is 16.1. The number of ketones is 1. The molecule has 0 amide bonds. The van der Waals surface area contributed by atoms with Crippen molar-refractivity contribution in [3.8, 4) is 0 Å². The lowest BCUT2D eigenvalue weighted by atomic mass is 9.84. The van der Waals surface area contributed by atoms with Crippen LogP contribution in [-0.4, -0.2) is 29.8 Å². The summed E-state index contributed by atoms with van der Waals surface area (Å²) in [6.07, 6.45) is 6.51. The van der Waals surface area contributed by atoms with Gasteiger partial charge in [-0.3, -0.25) is 9.69 Å². The molecule has 0 bridgehead atoms. The van der Waals surface area contributed by atoms with Crippen LogP contribution in [0.4, 0.5) is 0 Å². The SMILES string of the molecule is CC.CC.CC.CC.CC(=O)C1CC2CCCCC2N1C. The van der Waals surface area contributed by atoms with Gasteiger partial charge in [-0.2, -0.15) is 0 Å². The zero-order valence-corrected chi connectivity index (χ0v) is 16.6. The van der Waals surface area contributed by atoms with E-state index >= 15 is 0 Å². The van der Waals surface area contributed by atoms with E-state index in [4.69, 9.17) is 0 Å². The van der Waals surface area contributed by atoms with Crippen LogP contribution in [0.5, 0.6) is 0 Å². The van der Waals surface area contributed by atoms with E-state index in [-0.39, 0.29) is 6.04 Å². The topological polar surface area (TPSA) is 20.3 Å². The second-order valence-corrected chi connectivity index (χ2v) is 4.64. The Balaban J connectivity index is -0.000000353. The number of carbonyl (C=O) groups excluding carboxylic acids is 1. The third-order valence-corrected chi connectivity index (χ3v) is 3.88. The predicted octanol–water partition coefficient (Wildman–Crippen LogP) is 5.94. The molecular weight excluding hydrogens is 258 g/mol. The number of likely N-dealkylation sites (N-methyl/N-ethyl adjacent to an activating group) is 1. The molecule has 1 heterocycles. The number of rotatable bonds is 1. The minimum Gasteiger partial charge on any atom is -0.298 e. The summed E-state index contributed by atoms with van der Waals surface area (Å²) in [7, 11) is 2.13. The average molecular weight is 302 g/mol. The molecule has 2 heteroatoms. The van der Waals surface area contributed by atoms with Gasteiger partial charge >= 0.3 is 0 Å². The van der Waals surface area contributed by atoms with Crippen LogP contribution in [0.3, 0.4) is 0 Å². The number of hydrogen-bond acceptors (Lipinski definition) is 2. The molecule has 0 radical (unpaired) electrons. The van der Waals surface area contributed by atoms with Crippen LogP contribution in [0, 0.1) is 5.92 Å². The lowest BCUT2D eigenvalue weighted by molar-refractivity contribution is -0.121. The minimum absolute atomic E-state index is 0.230. The van der Waals surface area contributed by atoms with E-state index in [9.17, 15) is 4.79 Å². The molecule has 1 aliphatic carbocycles. The van der Waals surface area contributed by atoms with Gasteiger partial charge in [0.2, 0.25) is 0 Å².